The van der Waals surface area contributed by atoms with Crippen molar-refractivity contribution in [3.63, 3.8) is 0 Å². The number of fused-ring (bicyclic) bond motifs is 4. The van der Waals surface area contributed by atoms with E-state index in [9.17, 15) is 0 Å². The maximum Gasteiger partial charge on any atom is 0.162 e. The number of methoxy groups -OCH3 is 1. The Balaban J connectivity index is 1.88. The molecule has 7 heteroatoms. The van der Waals surface area contributed by atoms with Crippen LogP contribution in [0.15, 0.2) is 30.5 Å². The monoisotopic (exact) mass is 391 g/mol. The topological polar surface area (TPSA) is 67.8 Å². The smallest absolute Gasteiger partial charge is 0.162 e. The van der Waals surface area contributed by atoms with Gasteiger partial charge in [-0.25, -0.2) is 4.39 Å². The summed E-state index contributed by atoms with van der Waals surface area (Å²) in [4.78, 5) is 3.28. The minimum Gasteiger partial charge on any atom is -0.496 e. The molecule has 148 valence electrons. The predicted octanol–water partition coefficient (Wildman–Crippen LogP) is 4.84. The number of hydrogen-bond donors (Lipinski definition) is 2. The van der Waals surface area contributed by atoms with E-state index < -0.39 is 5.54 Å². The van der Waals surface area contributed by atoms with Gasteiger partial charge >= 0.3 is 0 Å². The molecule has 2 N–H and O–H groups in total. The van der Waals surface area contributed by atoms with E-state index in [1.807, 2.05) is 58.2 Å². The summed E-state index contributed by atoms with van der Waals surface area (Å²) in [6.07, 6.45) is 1.93. The molecule has 0 saturated heterocycles. The number of nitrogens with one attached hydrogen (secondary N) is 2. The lowest BCUT2D eigenvalue weighted by atomic mass is 9.95. The average molecular weight is 391 g/mol. The summed E-state index contributed by atoms with van der Waals surface area (Å²) in [5.41, 5.74) is 3.73. The fourth-order valence-corrected chi connectivity index (χ4v) is 4.27. The zero-order chi connectivity index (χ0) is 20.5. The van der Waals surface area contributed by atoms with Gasteiger partial charge in [-0.3, -0.25) is 4.57 Å². The van der Waals surface area contributed by atoms with E-state index in [0.29, 0.717) is 34.3 Å². The lowest BCUT2D eigenvalue weighted by molar-refractivity contribution is 0.412. The van der Waals surface area contributed by atoms with Crippen LogP contribution in [0.25, 0.3) is 27.7 Å². The summed E-state index contributed by atoms with van der Waals surface area (Å²) in [7, 11) is 1.56. The second-order valence-corrected chi connectivity index (χ2v) is 8.02. The van der Waals surface area contributed by atoms with Gasteiger partial charge in [-0.15, -0.1) is 10.2 Å². The van der Waals surface area contributed by atoms with Crippen molar-refractivity contribution in [3.8, 4) is 22.6 Å². The van der Waals surface area contributed by atoms with E-state index >= 15 is 4.39 Å². The number of anilines is 1. The molecule has 0 amide bonds. The molecular weight excluding hydrogens is 369 g/mol. The van der Waals surface area contributed by atoms with Gasteiger partial charge in [0.15, 0.2) is 11.6 Å². The van der Waals surface area contributed by atoms with Crippen molar-refractivity contribution in [3.05, 3.63) is 53.5 Å². The maximum atomic E-state index is 16.2. The molecule has 0 radical (unpaired) electrons. The number of nitrogens with zero attached hydrogens (tertiary/aromatic N) is 3. The molecule has 29 heavy (non-hydrogen) atoms. The summed E-state index contributed by atoms with van der Waals surface area (Å²) in [6, 6.07) is 7.73. The Hall–Kier alpha value is -3.35. The molecule has 0 bridgehead atoms. The van der Waals surface area contributed by atoms with Crippen LogP contribution in [-0.4, -0.2) is 26.9 Å². The number of halogens is 1. The fraction of sp³-hybridized carbons (Fsp3) is 0.273. The standard InChI is InChI=1S/C22H22FN5O/c1-11-10-24-19-13(11)7-6-8-14(19)17-16(29-5)9-15-20(18(17)23)28-12(2)26-27-21(28)22(3,4)25-15/h6-10,24-25H,1-5H3. The van der Waals surface area contributed by atoms with Crippen LogP contribution >= 0.6 is 0 Å². The van der Waals surface area contributed by atoms with Crippen LogP contribution in [0.2, 0.25) is 0 Å². The second-order valence-electron chi connectivity index (χ2n) is 8.02. The van der Waals surface area contributed by atoms with Crippen molar-refractivity contribution < 1.29 is 9.13 Å². The highest BCUT2D eigenvalue weighted by Gasteiger charge is 2.37. The first-order chi connectivity index (χ1) is 13.8. The molecule has 0 saturated carbocycles. The number of hydrogen-bond acceptors (Lipinski definition) is 4. The Morgan fingerprint density at radius 1 is 1.17 bits per heavy atom. The third-order valence-corrected chi connectivity index (χ3v) is 5.67. The number of aromatic nitrogens is 4. The van der Waals surface area contributed by atoms with Gasteiger partial charge in [-0.2, -0.15) is 0 Å². The van der Waals surface area contributed by atoms with Crippen LogP contribution in [0.1, 0.15) is 31.1 Å². The van der Waals surface area contributed by atoms with Crippen molar-refractivity contribution in [2.45, 2.75) is 33.2 Å². The van der Waals surface area contributed by atoms with Crippen molar-refractivity contribution in [1.82, 2.24) is 19.7 Å². The highest BCUT2D eigenvalue weighted by atomic mass is 19.1. The Morgan fingerprint density at radius 3 is 2.72 bits per heavy atom. The van der Waals surface area contributed by atoms with Crippen molar-refractivity contribution >= 4 is 16.6 Å². The third-order valence-electron chi connectivity index (χ3n) is 5.67. The number of H-pyrrole nitrogens is 1. The molecule has 3 heterocycles. The molecule has 6 nitrogen and oxygen atoms in total. The Morgan fingerprint density at radius 2 is 1.97 bits per heavy atom. The van der Waals surface area contributed by atoms with Gasteiger partial charge in [0.2, 0.25) is 0 Å². The zero-order valence-corrected chi connectivity index (χ0v) is 17.0. The van der Waals surface area contributed by atoms with E-state index in [4.69, 9.17) is 4.74 Å². The van der Waals surface area contributed by atoms with E-state index in [0.717, 1.165) is 22.0 Å². The highest BCUT2D eigenvalue weighted by Crippen LogP contribution is 2.46. The summed E-state index contributed by atoms with van der Waals surface area (Å²) in [6.45, 7) is 7.86. The lowest BCUT2D eigenvalue weighted by Gasteiger charge is -2.34. The number of aryl methyl sites for hydroxylation is 2. The average Bonchev–Trinajstić information content (AvgIpc) is 3.25. The number of aromatic amines is 1. The van der Waals surface area contributed by atoms with Crippen molar-refractivity contribution in [2.24, 2.45) is 0 Å². The lowest BCUT2D eigenvalue weighted by Crippen LogP contribution is -2.36. The summed E-state index contributed by atoms with van der Waals surface area (Å²) in [5.74, 6) is 1.41. The van der Waals surface area contributed by atoms with E-state index in [-0.39, 0.29) is 5.82 Å². The molecular formula is C22H22FN5O. The molecule has 1 aliphatic rings. The zero-order valence-electron chi connectivity index (χ0n) is 17.0. The first kappa shape index (κ1) is 17.7. The van der Waals surface area contributed by atoms with E-state index in [2.05, 4.69) is 20.5 Å². The van der Waals surface area contributed by atoms with Gasteiger partial charge in [0.25, 0.3) is 0 Å². The summed E-state index contributed by atoms with van der Waals surface area (Å²) in [5, 5.41) is 12.9. The first-order valence-corrected chi connectivity index (χ1v) is 9.52. The third kappa shape index (κ3) is 2.33. The van der Waals surface area contributed by atoms with Crippen molar-refractivity contribution in [1.29, 1.82) is 0 Å². The number of ether oxygens (including phenoxy) is 1. The predicted molar refractivity (Wildman–Crippen MR) is 111 cm³/mol. The summed E-state index contributed by atoms with van der Waals surface area (Å²) >= 11 is 0. The van der Waals surface area contributed by atoms with Crippen molar-refractivity contribution in [2.75, 3.05) is 12.4 Å². The highest BCUT2D eigenvalue weighted by molar-refractivity contribution is 5.98. The van der Waals surface area contributed by atoms with Crippen LogP contribution in [-0.2, 0) is 5.54 Å². The molecule has 4 aromatic rings. The first-order valence-electron chi connectivity index (χ1n) is 9.52. The van der Waals surface area contributed by atoms with Gasteiger partial charge < -0.3 is 15.0 Å². The number of rotatable bonds is 2. The van der Waals surface area contributed by atoms with Gasteiger partial charge in [-0.05, 0) is 33.3 Å². The molecule has 5 rings (SSSR count). The Labute approximate surface area is 167 Å². The second kappa shape index (κ2) is 5.83. The van der Waals surface area contributed by atoms with Crippen LogP contribution < -0.4 is 10.1 Å². The molecule has 0 atom stereocenters. The van der Waals surface area contributed by atoms with E-state index in [1.54, 1.807) is 11.7 Å². The fourth-order valence-electron chi connectivity index (χ4n) is 4.27. The van der Waals surface area contributed by atoms with Gasteiger partial charge in [0.1, 0.15) is 17.3 Å². The largest absolute Gasteiger partial charge is 0.496 e. The van der Waals surface area contributed by atoms with Gasteiger partial charge in [-0.1, -0.05) is 18.2 Å². The Kier molecular flexibility index (Phi) is 3.56. The normalized spacial score (nSPS) is 14.4. The van der Waals surface area contributed by atoms with Gasteiger partial charge in [0.05, 0.1) is 29.4 Å². The van der Waals surface area contributed by atoms with Crippen LogP contribution in [0, 0.1) is 19.7 Å². The van der Waals surface area contributed by atoms with Crippen LogP contribution in [0.3, 0.4) is 0 Å². The van der Waals surface area contributed by atoms with Crippen LogP contribution in [0.4, 0.5) is 10.1 Å². The maximum absolute atomic E-state index is 16.2. The summed E-state index contributed by atoms with van der Waals surface area (Å²) < 4.78 is 23.6. The molecule has 2 aromatic carbocycles. The molecule has 2 aromatic heterocycles. The minimum atomic E-state index is -0.496. The SMILES string of the molecule is COc1cc2c(c(F)c1-c1cccc3c(C)c[nH]c13)-n1c(C)nnc1C(C)(C)N2. The quantitative estimate of drug-likeness (QED) is 0.513. The Bertz CT molecular complexity index is 1280. The van der Waals surface area contributed by atoms with Gasteiger partial charge in [0, 0.05) is 23.2 Å². The molecule has 0 aliphatic carbocycles. The molecule has 0 unspecified atom stereocenters. The van der Waals surface area contributed by atoms with Crippen LogP contribution in [0.5, 0.6) is 5.75 Å². The molecule has 1 aliphatic heterocycles. The number of benzene rings is 2. The minimum absolute atomic E-state index is 0.369. The number of para-hydroxylation sites is 1. The molecule has 0 spiro atoms. The molecule has 0 fully saturated rings. The van der Waals surface area contributed by atoms with E-state index in [1.165, 1.54) is 0 Å².